The first-order chi connectivity index (χ1) is 12.2. The van der Waals surface area contributed by atoms with E-state index in [4.69, 9.17) is 5.26 Å². The van der Waals surface area contributed by atoms with Gasteiger partial charge in [0.05, 0.1) is 16.8 Å². The van der Waals surface area contributed by atoms with E-state index in [-0.39, 0.29) is 5.91 Å². The molecule has 3 aromatic rings. The molecule has 0 saturated heterocycles. The molecule has 2 N–H and O–H groups in total. The number of amides is 1. The number of aromatic nitrogens is 1. The van der Waals surface area contributed by atoms with Gasteiger partial charge in [-0.15, -0.1) is 0 Å². The first-order valence-electron chi connectivity index (χ1n) is 7.45. The van der Waals surface area contributed by atoms with E-state index in [1.165, 1.54) is 6.20 Å². The molecule has 0 unspecified atom stereocenters. The maximum Gasteiger partial charge on any atom is 0.257 e. The molecule has 0 spiro atoms. The number of benzene rings is 2. The van der Waals surface area contributed by atoms with Crippen molar-refractivity contribution in [1.29, 1.82) is 5.26 Å². The third-order valence-corrected chi connectivity index (χ3v) is 3.97. The highest BCUT2D eigenvalue weighted by molar-refractivity contribution is 9.10. The molecule has 0 aliphatic heterocycles. The molecule has 0 radical (unpaired) electrons. The minimum Gasteiger partial charge on any atom is -0.340 e. The Balaban J connectivity index is 1.70. The summed E-state index contributed by atoms with van der Waals surface area (Å²) in [5.41, 5.74) is 2.20. The Morgan fingerprint density at radius 1 is 1.04 bits per heavy atom. The number of hydrogen-bond donors (Lipinski definition) is 2. The highest BCUT2D eigenvalue weighted by atomic mass is 79.9. The molecule has 122 valence electrons. The standard InChI is InChI=1S/C19H13BrN4O/c20-15-6-8-16(9-7-15)23-18-10-5-14(12-22-18)19(25)24-17-4-2-1-3-13(17)11-21/h1-10,12H,(H,22,23)(H,24,25). The van der Waals surface area contributed by atoms with Crippen molar-refractivity contribution in [1.82, 2.24) is 4.98 Å². The predicted molar refractivity (Wildman–Crippen MR) is 101 cm³/mol. The lowest BCUT2D eigenvalue weighted by molar-refractivity contribution is 0.102. The lowest BCUT2D eigenvalue weighted by atomic mass is 10.2. The summed E-state index contributed by atoms with van der Waals surface area (Å²) < 4.78 is 0.996. The molecule has 0 saturated carbocycles. The number of hydrogen-bond acceptors (Lipinski definition) is 4. The fraction of sp³-hybridized carbons (Fsp3) is 0. The molecule has 0 bridgehead atoms. The zero-order valence-corrected chi connectivity index (χ0v) is 14.6. The number of nitrogens with one attached hydrogen (secondary N) is 2. The zero-order valence-electron chi connectivity index (χ0n) is 13.0. The summed E-state index contributed by atoms with van der Waals surface area (Å²) in [7, 11) is 0. The van der Waals surface area contributed by atoms with E-state index in [2.05, 4.69) is 31.5 Å². The van der Waals surface area contributed by atoms with E-state index in [0.717, 1.165) is 10.2 Å². The van der Waals surface area contributed by atoms with E-state index in [9.17, 15) is 4.79 Å². The van der Waals surface area contributed by atoms with Gasteiger partial charge in [0.15, 0.2) is 0 Å². The van der Waals surface area contributed by atoms with Gasteiger partial charge in [0.2, 0.25) is 0 Å². The van der Waals surface area contributed by atoms with E-state index < -0.39 is 0 Å². The van der Waals surface area contributed by atoms with Gasteiger partial charge in [-0.05, 0) is 48.5 Å². The second kappa shape index (κ2) is 7.60. The fourth-order valence-corrected chi connectivity index (χ4v) is 2.43. The third kappa shape index (κ3) is 4.22. The summed E-state index contributed by atoms with van der Waals surface area (Å²) in [5, 5.41) is 15.0. The molecule has 0 aliphatic carbocycles. The number of anilines is 3. The van der Waals surface area contributed by atoms with Crippen molar-refractivity contribution >= 4 is 39.0 Å². The molecule has 1 amide bonds. The molecule has 0 aliphatic rings. The second-order valence-electron chi connectivity index (χ2n) is 5.18. The van der Waals surface area contributed by atoms with Crippen LogP contribution in [0.25, 0.3) is 0 Å². The van der Waals surface area contributed by atoms with Crippen molar-refractivity contribution in [3.05, 3.63) is 82.5 Å². The average Bonchev–Trinajstić information content (AvgIpc) is 2.64. The van der Waals surface area contributed by atoms with Crippen LogP contribution in [-0.4, -0.2) is 10.9 Å². The van der Waals surface area contributed by atoms with Gasteiger partial charge in [-0.1, -0.05) is 28.1 Å². The van der Waals surface area contributed by atoms with Gasteiger partial charge in [0.1, 0.15) is 11.9 Å². The lowest BCUT2D eigenvalue weighted by Gasteiger charge is -2.08. The van der Waals surface area contributed by atoms with Gasteiger partial charge >= 0.3 is 0 Å². The molecule has 1 aromatic heterocycles. The highest BCUT2D eigenvalue weighted by Crippen LogP contribution is 2.19. The smallest absolute Gasteiger partial charge is 0.257 e. The van der Waals surface area contributed by atoms with E-state index in [1.807, 2.05) is 30.3 Å². The monoisotopic (exact) mass is 392 g/mol. The van der Waals surface area contributed by atoms with Crippen LogP contribution in [0.1, 0.15) is 15.9 Å². The average molecular weight is 393 g/mol. The first kappa shape index (κ1) is 16.7. The minimum absolute atomic E-state index is 0.314. The number of carbonyl (C=O) groups is 1. The van der Waals surface area contributed by atoms with Crippen LogP contribution in [0.4, 0.5) is 17.2 Å². The normalized spacial score (nSPS) is 9.92. The number of halogens is 1. The SMILES string of the molecule is N#Cc1ccccc1NC(=O)c1ccc(Nc2ccc(Br)cc2)nc1. The maximum atomic E-state index is 12.3. The van der Waals surface area contributed by atoms with Crippen LogP contribution in [0, 0.1) is 11.3 Å². The number of para-hydroxylation sites is 1. The van der Waals surface area contributed by atoms with Crippen LogP contribution >= 0.6 is 15.9 Å². The van der Waals surface area contributed by atoms with Crippen LogP contribution in [0.2, 0.25) is 0 Å². The Bertz CT molecular complexity index is 931. The molecule has 1 heterocycles. The van der Waals surface area contributed by atoms with Crippen molar-refractivity contribution in [2.24, 2.45) is 0 Å². The number of nitrogens with zero attached hydrogens (tertiary/aromatic N) is 2. The topological polar surface area (TPSA) is 77.8 Å². The van der Waals surface area contributed by atoms with Gasteiger partial charge in [-0.2, -0.15) is 5.26 Å². The van der Waals surface area contributed by atoms with Crippen LogP contribution in [0.5, 0.6) is 0 Å². The second-order valence-corrected chi connectivity index (χ2v) is 6.09. The van der Waals surface area contributed by atoms with Crippen molar-refractivity contribution in [3.63, 3.8) is 0 Å². The van der Waals surface area contributed by atoms with Gasteiger partial charge in [0, 0.05) is 16.4 Å². The van der Waals surface area contributed by atoms with E-state index in [0.29, 0.717) is 22.6 Å². The molecule has 0 fully saturated rings. The summed E-state index contributed by atoms with van der Waals surface area (Å²) in [6, 6.07) is 20.0. The van der Waals surface area contributed by atoms with Crippen LogP contribution in [0.3, 0.4) is 0 Å². The van der Waals surface area contributed by atoms with E-state index in [1.54, 1.807) is 36.4 Å². The summed E-state index contributed by atoms with van der Waals surface area (Å²) in [6.45, 7) is 0. The molecule has 6 heteroatoms. The maximum absolute atomic E-state index is 12.3. The van der Waals surface area contributed by atoms with Gasteiger partial charge in [-0.25, -0.2) is 4.98 Å². The summed E-state index contributed by atoms with van der Waals surface area (Å²) in [6.07, 6.45) is 1.49. The van der Waals surface area contributed by atoms with Crippen molar-refractivity contribution in [3.8, 4) is 6.07 Å². The Labute approximate surface area is 153 Å². The number of pyridine rings is 1. The fourth-order valence-electron chi connectivity index (χ4n) is 2.17. The molecule has 2 aromatic carbocycles. The van der Waals surface area contributed by atoms with Gasteiger partial charge in [0.25, 0.3) is 5.91 Å². The van der Waals surface area contributed by atoms with Gasteiger partial charge < -0.3 is 10.6 Å². The lowest BCUT2D eigenvalue weighted by Crippen LogP contribution is -2.13. The predicted octanol–water partition coefficient (Wildman–Crippen LogP) is 4.71. The molecule has 5 nitrogen and oxygen atoms in total. The zero-order chi connectivity index (χ0) is 17.6. The Kier molecular flexibility index (Phi) is 5.07. The molecule has 3 rings (SSSR count). The van der Waals surface area contributed by atoms with Crippen LogP contribution < -0.4 is 10.6 Å². The summed E-state index contributed by atoms with van der Waals surface area (Å²) >= 11 is 3.39. The van der Waals surface area contributed by atoms with Gasteiger partial charge in [-0.3, -0.25) is 4.79 Å². The van der Waals surface area contributed by atoms with Crippen molar-refractivity contribution in [2.75, 3.05) is 10.6 Å². The minimum atomic E-state index is -0.314. The van der Waals surface area contributed by atoms with Crippen molar-refractivity contribution in [2.45, 2.75) is 0 Å². The first-order valence-corrected chi connectivity index (χ1v) is 8.24. The van der Waals surface area contributed by atoms with Crippen LogP contribution in [-0.2, 0) is 0 Å². The van der Waals surface area contributed by atoms with E-state index >= 15 is 0 Å². The number of nitriles is 1. The highest BCUT2D eigenvalue weighted by Gasteiger charge is 2.09. The van der Waals surface area contributed by atoms with Crippen molar-refractivity contribution < 1.29 is 4.79 Å². The Morgan fingerprint density at radius 3 is 2.48 bits per heavy atom. The molecule has 25 heavy (non-hydrogen) atoms. The van der Waals surface area contributed by atoms with Crippen LogP contribution in [0.15, 0.2) is 71.3 Å². The molecular formula is C19H13BrN4O. The number of rotatable bonds is 4. The Morgan fingerprint density at radius 2 is 1.80 bits per heavy atom. The molecular weight excluding hydrogens is 380 g/mol. The molecule has 0 atom stereocenters. The Hall–Kier alpha value is -3.17. The third-order valence-electron chi connectivity index (χ3n) is 3.44. The number of carbonyl (C=O) groups excluding carboxylic acids is 1. The summed E-state index contributed by atoms with van der Waals surface area (Å²) in [4.78, 5) is 16.6. The largest absolute Gasteiger partial charge is 0.340 e. The quantitative estimate of drug-likeness (QED) is 0.673. The summed E-state index contributed by atoms with van der Waals surface area (Å²) in [5.74, 6) is 0.321.